The fourth-order valence-corrected chi connectivity index (χ4v) is 10.8. The van der Waals surface area contributed by atoms with E-state index in [4.69, 9.17) is 9.84 Å². The van der Waals surface area contributed by atoms with E-state index >= 15 is 0 Å². The lowest BCUT2D eigenvalue weighted by atomic mass is 9.57. The van der Waals surface area contributed by atoms with Crippen LogP contribution >= 0.6 is 0 Å². The number of rotatable bonds is 11. The van der Waals surface area contributed by atoms with E-state index in [1.807, 2.05) is 22.7 Å². The predicted octanol–water partition coefficient (Wildman–Crippen LogP) is 7.13. The Morgan fingerprint density at radius 1 is 1.02 bits per heavy atom. The number of nitrogens with one attached hydrogen (secondary N) is 2. The maximum atomic E-state index is 13.8. The first kappa shape index (κ1) is 42.7. The van der Waals surface area contributed by atoms with Gasteiger partial charge in [0.15, 0.2) is 0 Å². The maximum Gasteiger partial charge on any atom is 0.433 e. The maximum absolute atomic E-state index is 13.8. The summed E-state index contributed by atoms with van der Waals surface area (Å²) >= 11 is 0. The highest BCUT2D eigenvalue weighted by Gasteiger charge is 2.73. The summed E-state index contributed by atoms with van der Waals surface area (Å²) in [4.78, 5) is 60.8. The van der Waals surface area contributed by atoms with Gasteiger partial charge in [-0.3, -0.25) is 29.3 Å². The Kier molecular flexibility index (Phi) is 10.8. The zero-order chi connectivity index (χ0) is 44.5. The highest BCUT2D eigenvalue weighted by atomic mass is 19.4. The number of urea groups is 1. The molecule has 4 aromatic rings. The third-order valence-corrected chi connectivity index (χ3v) is 14.2. The molecule has 2 atom stereocenters. The number of aliphatic hydroxyl groups is 1. The van der Waals surface area contributed by atoms with Crippen LogP contribution in [0.2, 0.25) is 0 Å². The fraction of sp³-hybridized carbons (Fsp3) is 0.522. The summed E-state index contributed by atoms with van der Waals surface area (Å²) < 4.78 is 47.6. The summed E-state index contributed by atoms with van der Waals surface area (Å²) in [5.41, 5.74) is 0.0678. The fourth-order valence-electron chi connectivity index (χ4n) is 10.8. The summed E-state index contributed by atoms with van der Waals surface area (Å²) in [5.74, 6) is 0.00603. The molecule has 14 nitrogen and oxygen atoms in total. The number of likely N-dealkylation sites (tertiary alicyclic amines) is 2. The number of fused-ring (bicyclic) bond motifs is 3. The number of amides is 5. The molecule has 1 spiro atoms. The van der Waals surface area contributed by atoms with Crippen LogP contribution in [0.4, 0.5) is 29.3 Å². The second kappa shape index (κ2) is 15.9. The smallest absolute Gasteiger partial charge is 0.433 e. The molecule has 2 aromatic carbocycles. The van der Waals surface area contributed by atoms with E-state index in [-0.39, 0.29) is 42.2 Å². The van der Waals surface area contributed by atoms with E-state index in [0.29, 0.717) is 64.5 Å². The summed E-state index contributed by atoms with van der Waals surface area (Å²) in [6, 6.07) is 11.4. The minimum absolute atomic E-state index is 0.0574. The number of benzene rings is 2. The van der Waals surface area contributed by atoms with Crippen molar-refractivity contribution in [3.8, 4) is 5.75 Å². The van der Waals surface area contributed by atoms with E-state index in [2.05, 4.69) is 20.5 Å². The van der Waals surface area contributed by atoms with E-state index in [9.17, 15) is 37.5 Å². The van der Waals surface area contributed by atoms with Gasteiger partial charge >= 0.3 is 12.2 Å². The Balaban J connectivity index is 0.769. The second-order valence-electron chi connectivity index (χ2n) is 18.6. The summed E-state index contributed by atoms with van der Waals surface area (Å²) in [6.07, 6.45) is 4.88. The van der Waals surface area contributed by atoms with Crippen molar-refractivity contribution in [3.05, 3.63) is 77.2 Å². The number of pyridine rings is 1. The molecule has 9 rings (SSSR count). The van der Waals surface area contributed by atoms with Gasteiger partial charge in [-0.25, -0.2) is 9.78 Å². The number of anilines is 2. The molecule has 17 heteroatoms. The number of piperidine rings is 2. The van der Waals surface area contributed by atoms with Gasteiger partial charge in [-0.15, -0.1) is 0 Å². The number of hydrogen-bond donors (Lipinski definition) is 3. The second-order valence-corrected chi connectivity index (χ2v) is 18.6. The third kappa shape index (κ3) is 8.25. The molecule has 63 heavy (non-hydrogen) atoms. The number of carbonyl (C=O) groups excluding carboxylic acids is 4. The van der Waals surface area contributed by atoms with E-state index < -0.39 is 29.4 Å². The van der Waals surface area contributed by atoms with Gasteiger partial charge in [0, 0.05) is 67.5 Å². The molecule has 0 radical (unpaired) electrons. The highest BCUT2D eigenvalue weighted by molar-refractivity contribution is 6.07. The molecule has 5 amide bonds. The van der Waals surface area contributed by atoms with Crippen molar-refractivity contribution in [2.24, 2.45) is 16.7 Å². The van der Waals surface area contributed by atoms with E-state index in [1.54, 1.807) is 44.2 Å². The Labute approximate surface area is 363 Å². The topological polar surface area (TPSA) is 162 Å². The van der Waals surface area contributed by atoms with Crippen molar-refractivity contribution in [3.63, 3.8) is 0 Å². The van der Waals surface area contributed by atoms with Crippen molar-refractivity contribution in [1.82, 2.24) is 29.9 Å². The minimum Gasteiger partial charge on any atom is -0.492 e. The van der Waals surface area contributed by atoms with Crippen molar-refractivity contribution in [1.29, 1.82) is 0 Å². The van der Waals surface area contributed by atoms with Crippen LogP contribution in [0.15, 0.2) is 54.7 Å². The third-order valence-electron chi connectivity index (χ3n) is 14.2. The molecule has 0 bridgehead atoms. The van der Waals surface area contributed by atoms with Crippen LogP contribution in [0.5, 0.6) is 5.75 Å². The van der Waals surface area contributed by atoms with Gasteiger partial charge in [-0.1, -0.05) is 6.07 Å². The first-order chi connectivity index (χ1) is 29.9. The Hall–Kier alpha value is -5.55. The molecule has 3 saturated heterocycles. The lowest BCUT2D eigenvalue weighted by Crippen LogP contribution is -2.50. The number of nitrogens with zero attached hydrogens (tertiary/aromatic N) is 6. The monoisotopic (exact) mass is 870 g/mol. The first-order valence-corrected chi connectivity index (χ1v) is 22.0. The lowest BCUT2D eigenvalue weighted by molar-refractivity contribution is -0.141. The molecule has 2 aromatic heterocycles. The molecular formula is C46H53F3N8O6. The number of alkyl halides is 3. The first-order valence-electron chi connectivity index (χ1n) is 22.0. The van der Waals surface area contributed by atoms with Gasteiger partial charge in [-0.2, -0.15) is 18.3 Å². The average Bonchev–Trinajstić information content (AvgIpc) is 3.67. The lowest BCUT2D eigenvalue weighted by Gasteiger charge is -2.52. The van der Waals surface area contributed by atoms with Crippen LogP contribution in [0.3, 0.4) is 0 Å². The Morgan fingerprint density at radius 2 is 1.78 bits per heavy atom. The largest absolute Gasteiger partial charge is 0.492 e. The summed E-state index contributed by atoms with van der Waals surface area (Å²) in [6.45, 7) is 9.96. The van der Waals surface area contributed by atoms with Crippen molar-refractivity contribution < 1.29 is 42.2 Å². The number of halogens is 3. The molecule has 3 aliphatic heterocycles. The molecule has 2 saturated carbocycles. The van der Waals surface area contributed by atoms with Crippen molar-refractivity contribution >= 4 is 46.0 Å². The van der Waals surface area contributed by atoms with Crippen LogP contribution < -0.4 is 20.3 Å². The minimum atomic E-state index is -4.70. The molecule has 334 valence electrons. The number of aromatic nitrogens is 3. The van der Waals surface area contributed by atoms with Crippen LogP contribution in [-0.4, -0.2) is 99.3 Å². The SMILES string of the molecule is CCOc1ccc(C(=O)N2CCC3(CC2)CC2(CCN4CCC(n5cc6cc(NC(=O)c7cccc(C(F)(F)F)n7)c(C(C)(C)O)cc6n5)CC4)CC32)cc1N1CCC(=O)NC1=O. The number of ether oxygens (including phenoxy) is 1. The molecule has 5 heterocycles. The standard InChI is InChI=1S/C46H53F3N8O6/c1-4-63-36-9-8-28(23-35(36)56-18-12-39(58)52-42(56)61)41(60)55-20-14-44(15-21-55)27-45(25-37(44)45)13-19-54-16-10-30(11-17-54)57-26-29-22-34(31(43(2,3)62)24-33(29)53-57)51-40(59)32-6-5-7-38(50-32)46(47,48)49/h5-9,22-24,26,30,37,62H,4,10-21,25,27H2,1-3H3,(H,51,59)(H,52,58,61). The van der Waals surface area contributed by atoms with Crippen LogP contribution in [0, 0.1) is 16.7 Å². The zero-order valence-corrected chi connectivity index (χ0v) is 35.8. The molecule has 2 unspecified atom stereocenters. The zero-order valence-electron chi connectivity index (χ0n) is 35.8. The molecule has 5 aliphatic rings. The normalized spacial score (nSPS) is 22.7. The number of imide groups is 1. The van der Waals surface area contributed by atoms with Crippen LogP contribution in [0.25, 0.3) is 10.9 Å². The predicted molar refractivity (Wildman–Crippen MR) is 227 cm³/mol. The van der Waals surface area contributed by atoms with Crippen molar-refractivity contribution in [2.75, 3.05) is 56.1 Å². The number of hydrogen-bond acceptors (Lipinski definition) is 9. The molecule has 2 aliphatic carbocycles. The Morgan fingerprint density at radius 3 is 2.46 bits per heavy atom. The quantitative estimate of drug-likeness (QED) is 0.142. The van der Waals surface area contributed by atoms with Crippen molar-refractivity contribution in [2.45, 2.75) is 90.0 Å². The average molecular weight is 871 g/mol. The van der Waals surface area contributed by atoms with Gasteiger partial charge in [0.25, 0.3) is 11.8 Å². The Bertz CT molecular complexity index is 2470. The van der Waals surface area contributed by atoms with Gasteiger partial charge in [-0.05, 0) is 131 Å². The summed E-state index contributed by atoms with van der Waals surface area (Å²) in [5, 5.41) is 21.6. The molecule has 3 N–H and O–H groups in total. The van der Waals surface area contributed by atoms with Gasteiger partial charge < -0.3 is 25.0 Å². The van der Waals surface area contributed by atoms with Gasteiger partial charge in [0.2, 0.25) is 5.91 Å². The van der Waals surface area contributed by atoms with E-state index in [1.165, 1.54) is 30.2 Å². The van der Waals surface area contributed by atoms with Crippen LogP contribution in [-0.2, 0) is 16.6 Å². The van der Waals surface area contributed by atoms with E-state index in [0.717, 1.165) is 62.8 Å². The van der Waals surface area contributed by atoms with Crippen LogP contribution in [0.1, 0.15) is 110 Å². The summed E-state index contributed by atoms with van der Waals surface area (Å²) in [7, 11) is 0. The van der Waals surface area contributed by atoms with Gasteiger partial charge in [0.1, 0.15) is 17.1 Å². The number of carbonyl (C=O) groups is 4. The van der Waals surface area contributed by atoms with Gasteiger partial charge in [0.05, 0.1) is 29.5 Å². The highest BCUT2D eigenvalue weighted by Crippen LogP contribution is 2.80. The molecular weight excluding hydrogens is 818 g/mol. The molecule has 5 fully saturated rings.